The van der Waals surface area contributed by atoms with Crippen molar-refractivity contribution in [2.75, 3.05) is 0 Å². The summed E-state index contributed by atoms with van der Waals surface area (Å²) in [6, 6.07) is 6.10. The number of aromatic nitrogens is 1. The van der Waals surface area contributed by atoms with E-state index in [2.05, 4.69) is 11.9 Å². The van der Waals surface area contributed by atoms with Crippen molar-refractivity contribution in [1.82, 2.24) is 4.98 Å². The average molecular weight is 223 g/mol. The highest BCUT2D eigenvalue weighted by Gasteiger charge is 2.09. The molecule has 0 spiro atoms. The quantitative estimate of drug-likeness (QED) is 0.824. The van der Waals surface area contributed by atoms with Crippen LogP contribution in [-0.2, 0) is 6.42 Å². The maximum atomic E-state index is 6.17. The highest BCUT2D eigenvalue weighted by atomic mass is 35.5. The summed E-state index contributed by atoms with van der Waals surface area (Å²) in [6.45, 7) is 2.10. The van der Waals surface area contributed by atoms with Crippen LogP contribution in [-0.4, -0.2) is 11.0 Å². The smallest absolute Gasteiger partial charge is 0.0502 e. The topological polar surface area (TPSA) is 41.8 Å². The van der Waals surface area contributed by atoms with Gasteiger partial charge in [-0.1, -0.05) is 24.6 Å². The van der Waals surface area contributed by atoms with Gasteiger partial charge in [0.05, 0.1) is 5.02 Å². The highest BCUT2D eigenvalue weighted by Crippen LogP contribution is 2.27. The van der Waals surface area contributed by atoms with Crippen LogP contribution < -0.4 is 5.73 Å². The fourth-order valence-corrected chi connectivity index (χ4v) is 2.09. The normalized spacial score (nSPS) is 13.3. The molecule has 0 saturated carbocycles. The molecular weight excluding hydrogens is 208 g/mol. The Labute approximate surface area is 94.4 Å². The second-order valence-electron chi connectivity index (χ2n) is 3.85. The number of nitrogens with one attached hydrogen (secondary N) is 1. The predicted molar refractivity (Wildman–Crippen MR) is 65.3 cm³/mol. The minimum absolute atomic E-state index is 0.209. The van der Waals surface area contributed by atoms with Crippen molar-refractivity contribution >= 4 is 22.5 Å². The Morgan fingerprint density at radius 1 is 1.47 bits per heavy atom. The molecule has 2 nitrogen and oxygen atoms in total. The summed E-state index contributed by atoms with van der Waals surface area (Å²) in [6.07, 6.45) is 3.86. The monoisotopic (exact) mass is 222 g/mol. The SMILES string of the molecule is CCC(N)Cc1c[nH]c2cccc(Cl)c12. The molecule has 0 aliphatic rings. The number of aromatic amines is 1. The molecule has 1 atom stereocenters. The van der Waals surface area contributed by atoms with E-state index in [1.807, 2.05) is 24.4 Å². The van der Waals surface area contributed by atoms with Gasteiger partial charge in [0.15, 0.2) is 0 Å². The molecule has 1 heterocycles. The maximum Gasteiger partial charge on any atom is 0.0502 e. The molecule has 2 rings (SSSR count). The minimum Gasteiger partial charge on any atom is -0.361 e. The van der Waals surface area contributed by atoms with Crippen molar-refractivity contribution < 1.29 is 0 Å². The number of benzene rings is 1. The van der Waals surface area contributed by atoms with Crippen LogP contribution >= 0.6 is 11.6 Å². The van der Waals surface area contributed by atoms with Crippen LogP contribution in [0.3, 0.4) is 0 Å². The molecule has 2 aromatic rings. The lowest BCUT2D eigenvalue weighted by atomic mass is 10.0. The van der Waals surface area contributed by atoms with Gasteiger partial charge in [-0.3, -0.25) is 0 Å². The Kier molecular flexibility index (Phi) is 2.98. The molecule has 3 N–H and O–H groups in total. The lowest BCUT2D eigenvalue weighted by Crippen LogP contribution is -2.21. The number of nitrogens with two attached hydrogens (primary N) is 1. The zero-order valence-corrected chi connectivity index (χ0v) is 9.51. The van der Waals surface area contributed by atoms with Gasteiger partial charge in [-0.2, -0.15) is 0 Å². The van der Waals surface area contributed by atoms with Crippen molar-refractivity contribution in [2.45, 2.75) is 25.8 Å². The van der Waals surface area contributed by atoms with Gasteiger partial charge in [0.1, 0.15) is 0 Å². The fraction of sp³-hybridized carbons (Fsp3) is 0.333. The Hall–Kier alpha value is -0.990. The largest absolute Gasteiger partial charge is 0.361 e. The van der Waals surface area contributed by atoms with Crippen LogP contribution in [0.25, 0.3) is 10.9 Å². The molecular formula is C12H15ClN2. The number of H-pyrrole nitrogens is 1. The summed E-state index contributed by atoms with van der Waals surface area (Å²) >= 11 is 6.17. The zero-order chi connectivity index (χ0) is 10.8. The van der Waals surface area contributed by atoms with Crippen molar-refractivity contribution in [3.05, 3.63) is 35.0 Å². The third-order valence-corrected chi connectivity index (χ3v) is 3.06. The first kappa shape index (κ1) is 10.5. The molecule has 0 saturated heterocycles. The third kappa shape index (κ3) is 2.01. The van der Waals surface area contributed by atoms with Crippen LogP contribution in [0.4, 0.5) is 0 Å². The lowest BCUT2D eigenvalue weighted by Gasteiger charge is -2.07. The first-order valence-electron chi connectivity index (χ1n) is 5.22. The molecule has 0 aliphatic carbocycles. The number of rotatable bonds is 3. The third-order valence-electron chi connectivity index (χ3n) is 2.74. The number of hydrogen-bond acceptors (Lipinski definition) is 1. The molecule has 0 amide bonds. The fourth-order valence-electron chi connectivity index (χ4n) is 1.80. The molecule has 1 aromatic heterocycles. The van der Waals surface area contributed by atoms with Crippen LogP contribution in [0, 0.1) is 0 Å². The first-order chi connectivity index (χ1) is 7.22. The van der Waals surface area contributed by atoms with Gasteiger partial charge in [-0.15, -0.1) is 0 Å². The molecule has 0 radical (unpaired) electrons. The van der Waals surface area contributed by atoms with Gasteiger partial charge in [0, 0.05) is 23.1 Å². The summed E-state index contributed by atoms with van der Waals surface area (Å²) in [5, 5.41) is 1.91. The molecule has 1 aromatic carbocycles. The standard InChI is InChI=1S/C12H15ClN2/c1-2-9(14)6-8-7-15-11-5-3-4-10(13)12(8)11/h3-5,7,9,15H,2,6,14H2,1H3. The van der Waals surface area contributed by atoms with Crippen LogP contribution in [0.1, 0.15) is 18.9 Å². The number of halogens is 1. The summed E-state index contributed by atoms with van der Waals surface area (Å²) < 4.78 is 0. The Bertz CT molecular complexity index is 462. The highest BCUT2D eigenvalue weighted by molar-refractivity contribution is 6.35. The Morgan fingerprint density at radius 2 is 2.27 bits per heavy atom. The molecule has 1 unspecified atom stereocenters. The van der Waals surface area contributed by atoms with E-state index in [0.717, 1.165) is 28.8 Å². The molecule has 0 aliphatic heterocycles. The lowest BCUT2D eigenvalue weighted by molar-refractivity contribution is 0.648. The van der Waals surface area contributed by atoms with Gasteiger partial charge in [-0.25, -0.2) is 0 Å². The van der Waals surface area contributed by atoms with E-state index in [0.29, 0.717) is 0 Å². The van der Waals surface area contributed by atoms with Gasteiger partial charge >= 0.3 is 0 Å². The van der Waals surface area contributed by atoms with Crippen molar-refractivity contribution in [1.29, 1.82) is 0 Å². The first-order valence-corrected chi connectivity index (χ1v) is 5.60. The van der Waals surface area contributed by atoms with Crippen LogP contribution in [0.15, 0.2) is 24.4 Å². The average Bonchev–Trinajstić information content (AvgIpc) is 2.63. The van der Waals surface area contributed by atoms with E-state index in [4.69, 9.17) is 17.3 Å². The second kappa shape index (κ2) is 4.25. The van der Waals surface area contributed by atoms with Crippen LogP contribution in [0.2, 0.25) is 5.02 Å². The summed E-state index contributed by atoms with van der Waals surface area (Å²) in [5.74, 6) is 0. The molecule has 80 valence electrons. The van der Waals surface area contributed by atoms with Gasteiger partial charge in [0.2, 0.25) is 0 Å². The van der Waals surface area contributed by atoms with Crippen LogP contribution in [0.5, 0.6) is 0 Å². The zero-order valence-electron chi connectivity index (χ0n) is 8.76. The Balaban J connectivity index is 2.43. The van der Waals surface area contributed by atoms with E-state index in [1.165, 1.54) is 5.56 Å². The molecule has 0 fully saturated rings. The maximum absolute atomic E-state index is 6.17. The molecule has 0 bridgehead atoms. The minimum atomic E-state index is 0.209. The van der Waals surface area contributed by atoms with Gasteiger partial charge in [0.25, 0.3) is 0 Å². The van der Waals surface area contributed by atoms with Crippen molar-refractivity contribution in [3.8, 4) is 0 Å². The van der Waals surface area contributed by atoms with Gasteiger partial charge in [-0.05, 0) is 30.5 Å². The second-order valence-corrected chi connectivity index (χ2v) is 4.26. The summed E-state index contributed by atoms with van der Waals surface area (Å²) in [4.78, 5) is 3.22. The number of fused-ring (bicyclic) bond motifs is 1. The van der Waals surface area contributed by atoms with Gasteiger partial charge < -0.3 is 10.7 Å². The summed E-state index contributed by atoms with van der Waals surface area (Å²) in [5.41, 5.74) is 8.25. The Morgan fingerprint density at radius 3 is 3.00 bits per heavy atom. The van der Waals surface area contributed by atoms with Crippen molar-refractivity contribution in [2.24, 2.45) is 5.73 Å². The van der Waals surface area contributed by atoms with E-state index in [1.54, 1.807) is 0 Å². The molecule has 15 heavy (non-hydrogen) atoms. The van der Waals surface area contributed by atoms with E-state index >= 15 is 0 Å². The van der Waals surface area contributed by atoms with E-state index in [9.17, 15) is 0 Å². The van der Waals surface area contributed by atoms with Crippen molar-refractivity contribution in [3.63, 3.8) is 0 Å². The van der Waals surface area contributed by atoms with E-state index in [-0.39, 0.29) is 6.04 Å². The summed E-state index contributed by atoms with van der Waals surface area (Å²) in [7, 11) is 0. The predicted octanol–water partition coefficient (Wildman–Crippen LogP) is 3.10. The van der Waals surface area contributed by atoms with E-state index < -0.39 is 0 Å². The number of hydrogen-bond donors (Lipinski definition) is 2. The molecule has 3 heteroatoms.